The molecule has 3 nitrogen and oxygen atoms in total. The van der Waals surface area contributed by atoms with Gasteiger partial charge in [-0.1, -0.05) is 30.3 Å². The van der Waals surface area contributed by atoms with Crippen molar-refractivity contribution < 1.29 is 5.11 Å². The molecule has 0 bridgehead atoms. The number of anilines is 1. The molecule has 0 atom stereocenters. The molecule has 0 amide bonds. The van der Waals surface area contributed by atoms with E-state index >= 15 is 0 Å². The molecule has 0 aliphatic rings. The molecular formula is C14H16N2O. The molecule has 3 heteroatoms. The summed E-state index contributed by atoms with van der Waals surface area (Å²) in [5, 5.41) is 8.86. The van der Waals surface area contributed by atoms with Gasteiger partial charge in [-0.15, -0.1) is 0 Å². The molecule has 17 heavy (non-hydrogen) atoms. The lowest BCUT2D eigenvalue weighted by Crippen LogP contribution is -2.21. The number of aromatic nitrogens is 1. The lowest BCUT2D eigenvalue weighted by Gasteiger charge is -2.16. The molecule has 0 spiro atoms. The summed E-state index contributed by atoms with van der Waals surface area (Å²) in [5.74, 6) is 0.874. The van der Waals surface area contributed by atoms with Crippen molar-refractivity contribution in [3.8, 4) is 11.1 Å². The summed E-state index contributed by atoms with van der Waals surface area (Å²) in [6.45, 7) is 0.732. The van der Waals surface area contributed by atoms with Crippen molar-refractivity contribution in [2.45, 2.75) is 0 Å². The molecule has 0 fully saturated rings. The van der Waals surface area contributed by atoms with Crippen LogP contribution in [0.25, 0.3) is 11.1 Å². The van der Waals surface area contributed by atoms with Gasteiger partial charge in [-0.25, -0.2) is 4.98 Å². The average Bonchev–Trinajstić information content (AvgIpc) is 2.40. The largest absolute Gasteiger partial charge is 0.395 e. The normalized spacial score (nSPS) is 10.2. The van der Waals surface area contributed by atoms with Crippen molar-refractivity contribution in [2.75, 3.05) is 25.1 Å². The molecular weight excluding hydrogens is 212 g/mol. The summed E-state index contributed by atoms with van der Waals surface area (Å²) in [5.41, 5.74) is 2.27. The first-order valence-corrected chi connectivity index (χ1v) is 5.65. The Morgan fingerprint density at radius 2 is 1.82 bits per heavy atom. The molecule has 1 heterocycles. The van der Waals surface area contributed by atoms with Crippen molar-refractivity contribution in [2.24, 2.45) is 0 Å². The second-order valence-electron chi connectivity index (χ2n) is 3.92. The van der Waals surface area contributed by atoms with E-state index in [2.05, 4.69) is 17.1 Å². The van der Waals surface area contributed by atoms with Gasteiger partial charge < -0.3 is 10.0 Å². The highest BCUT2D eigenvalue weighted by molar-refractivity contribution is 5.63. The molecule has 0 unspecified atom stereocenters. The van der Waals surface area contributed by atoms with Gasteiger partial charge in [0.05, 0.1) is 6.61 Å². The van der Waals surface area contributed by atoms with E-state index in [-0.39, 0.29) is 6.61 Å². The van der Waals surface area contributed by atoms with Gasteiger partial charge in [0.25, 0.3) is 0 Å². The Balaban J connectivity index is 2.19. The number of aliphatic hydroxyl groups excluding tert-OH is 1. The predicted molar refractivity (Wildman–Crippen MR) is 70.0 cm³/mol. The van der Waals surface area contributed by atoms with Crippen molar-refractivity contribution in [3.05, 3.63) is 48.7 Å². The topological polar surface area (TPSA) is 36.4 Å². The molecule has 1 aromatic heterocycles. The summed E-state index contributed by atoms with van der Waals surface area (Å²) in [6, 6.07) is 14.2. The monoisotopic (exact) mass is 228 g/mol. The lowest BCUT2D eigenvalue weighted by atomic mass is 10.1. The summed E-state index contributed by atoms with van der Waals surface area (Å²) >= 11 is 0. The van der Waals surface area contributed by atoms with Crippen LogP contribution in [0.3, 0.4) is 0 Å². The van der Waals surface area contributed by atoms with Gasteiger partial charge >= 0.3 is 0 Å². The van der Waals surface area contributed by atoms with Crippen LogP contribution in [0.5, 0.6) is 0 Å². The maximum Gasteiger partial charge on any atom is 0.128 e. The Morgan fingerprint density at radius 3 is 2.41 bits per heavy atom. The number of hydrogen-bond donors (Lipinski definition) is 1. The van der Waals surface area contributed by atoms with Crippen LogP contribution >= 0.6 is 0 Å². The number of likely N-dealkylation sites (N-methyl/N-ethyl adjacent to an activating group) is 1. The second-order valence-corrected chi connectivity index (χ2v) is 3.92. The first kappa shape index (κ1) is 11.6. The summed E-state index contributed by atoms with van der Waals surface area (Å²) in [4.78, 5) is 6.31. The molecule has 2 rings (SSSR count). The number of aliphatic hydroxyl groups is 1. The minimum Gasteiger partial charge on any atom is -0.395 e. The zero-order valence-corrected chi connectivity index (χ0v) is 9.87. The number of pyridine rings is 1. The van der Waals surface area contributed by atoms with E-state index in [1.807, 2.05) is 48.5 Å². The van der Waals surface area contributed by atoms with Gasteiger partial charge in [-0.05, 0) is 17.7 Å². The Kier molecular flexibility index (Phi) is 3.73. The molecule has 0 aliphatic heterocycles. The number of rotatable bonds is 4. The molecule has 2 aromatic rings. The van der Waals surface area contributed by atoms with Crippen LogP contribution in [0.2, 0.25) is 0 Å². The minimum absolute atomic E-state index is 0.138. The highest BCUT2D eigenvalue weighted by Gasteiger charge is 2.02. The maximum absolute atomic E-state index is 8.86. The highest BCUT2D eigenvalue weighted by Crippen LogP contribution is 2.19. The quantitative estimate of drug-likeness (QED) is 0.871. The standard InChI is InChI=1S/C14H16N2O/c1-16(9-10-17)14-8-7-13(11-15-14)12-5-3-2-4-6-12/h2-8,11,17H,9-10H2,1H3. The van der Waals surface area contributed by atoms with Crippen LogP contribution in [-0.2, 0) is 0 Å². The Labute approximate surface area is 101 Å². The van der Waals surface area contributed by atoms with E-state index in [1.165, 1.54) is 0 Å². The van der Waals surface area contributed by atoms with Gasteiger partial charge in [0.15, 0.2) is 0 Å². The molecule has 1 aromatic carbocycles. The molecule has 1 N–H and O–H groups in total. The van der Waals surface area contributed by atoms with E-state index in [0.29, 0.717) is 6.54 Å². The zero-order chi connectivity index (χ0) is 12.1. The zero-order valence-electron chi connectivity index (χ0n) is 9.87. The van der Waals surface area contributed by atoms with Gasteiger partial charge in [-0.3, -0.25) is 0 Å². The Morgan fingerprint density at radius 1 is 1.06 bits per heavy atom. The fourth-order valence-electron chi connectivity index (χ4n) is 1.68. The number of nitrogens with zero attached hydrogens (tertiary/aromatic N) is 2. The van der Waals surface area contributed by atoms with E-state index in [4.69, 9.17) is 5.11 Å². The predicted octanol–water partition coefficient (Wildman–Crippen LogP) is 2.18. The molecule has 88 valence electrons. The van der Waals surface area contributed by atoms with Crippen molar-refractivity contribution in [1.82, 2.24) is 4.98 Å². The van der Waals surface area contributed by atoms with Crippen LogP contribution < -0.4 is 4.90 Å². The minimum atomic E-state index is 0.138. The van der Waals surface area contributed by atoms with E-state index in [0.717, 1.165) is 16.9 Å². The van der Waals surface area contributed by atoms with Gasteiger partial charge in [0, 0.05) is 25.4 Å². The third-order valence-electron chi connectivity index (χ3n) is 2.68. The van der Waals surface area contributed by atoms with Crippen molar-refractivity contribution in [3.63, 3.8) is 0 Å². The SMILES string of the molecule is CN(CCO)c1ccc(-c2ccccc2)cn1. The first-order valence-electron chi connectivity index (χ1n) is 5.65. The van der Waals surface area contributed by atoms with E-state index in [1.54, 1.807) is 0 Å². The number of hydrogen-bond acceptors (Lipinski definition) is 3. The van der Waals surface area contributed by atoms with Crippen LogP contribution in [0.1, 0.15) is 0 Å². The van der Waals surface area contributed by atoms with Gasteiger partial charge in [0.1, 0.15) is 5.82 Å². The maximum atomic E-state index is 8.86. The smallest absolute Gasteiger partial charge is 0.128 e. The van der Waals surface area contributed by atoms with Crippen molar-refractivity contribution >= 4 is 5.82 Å². The Hall–Kier alpha value is -1.87. The fraction of sp³-hybridized carbons (Fsp3) is 0.214. The van der Waals surface area contributed by atoms with Crippen LogP contribution in [0.4, 0.5) is 5.82 Å². The fourth-order valence-corrected chi connectivity index (χ4v) is 1.68. The van der Waals surface area contributed by atoms with Crippen LogP contribution in [0.15, 0.2) is 48.7 Å². The number of benzene rings is 1. The van der Waals surface area contributed by atoms with Gasteiger partial charge in [-0.2, -0.15) is 0 Å². The third kappa shape index (κ3) is 2.82. The van der Waals surface area contributed by atoms with Crippen molar-refractivity contribution in [1.29, 1.82) is 0 Å². The van der Waals surface area contributed by atoms with Gasteiger partial charge in [0.2, 0.25) is 0 Å². The third-order valence-corrected chi connectivity index (χ3v) is 2.68. The van der Waals surface area contributed by atoms with E-state index in [9.17, 15) is 0 Å². The summed E-state index contributed by atoms with van der Waals surface area (Å²) in [7, 11) is 1.92. The molecule has 0 saturated carbocycles. The molecule has 0 saturated heterocycles. The second kappa shape index (κ2) is 5.46. The van der Waals surface area contributed by atoms with E-state index < -0.39 is 0 Å². The highest BCUT2D eigenvalue weighted by atomic mass is 16.3. The molecule has 0 radical (unpaired) electrons. The average molecular weight is 228 g/mol. The van der Waals surface area contributed by atoms with Crippen LogP contribution in [-0.4, -0.2) is 30.3 Å². The summed E-state index contributed by atoms with van der Waals surface area (Å²) in [6.07, 6.45) is 1.86. The summed E-state index contributed by atoms with van der Waals surface area (Å²) < 4.78 is 0. The lowest BCUT2D eigenvalue weighted by molar-refractivity contribution is 0.304. The molecule has 0 aliphatic carbocycles. The Bertz CT molecular complexity index is 453. The first-order chi connectivity index (χ1) is 8.31. The van der Waals surface area contributed by atoms with Crippen LogP contribution in [0, 0.1) is 0 Å².